The molecule has 2 atom stereocenters. The molecule has 2 heteroatoms. The minimum absolute atomic E-state index is 0.296. The molecule has 2 unspecified atom stereocenters. The Morgan fingerprint density at radius 3 is 2.71 bits per heavy atom. The molecular weight excluding hydrogens is 176 g/mol. The van der Waals surface area contributed by atoms with Gasteiger partial charge < -0.3 is 4.74 Å². The van der Waals surface area contributed by atoms with Crippen molar-refractivity contribution in [3.05, 3.63) is 0 Å². The zero-order valence-corrected chi connectivity index (χ0v) is 9.00. The van der Waals surface area contributed by atoms with Gasteiger partial charge in [-0.15, -0.1) is 0 Å². The fourth-order valence-corrected chi connectivity index (χ4v) is 2.49. The highest BCUT2D eigenvalue weighted by Crippen LogP contribution is 2.33. The third-order valence-corrected chi connectivity index (χ3v) is 3.77. The average Bonchev–Trinajstić information content (AvgIpc) is 2.12. The van der Waals surface area contributed by atoms with Gasteiger partial charge in [-0.05, 0) is 18.3 Å². The average molecular weight is 196 g/mol. The SMILES string of the molecule is CC1COCCC1C(=O)CC1CCC1. The van der Waals surface area contributed by atoms with Gasteiger partial charge in [0.25, 0.3) is 0 Å². The molecule has 0 amide bonds. The molecule has 0 N–H and O–H groups in total. The number of hydrogen-bond acceptors (Lipinski definition) is 2. The minimum Gasteiger partial charge on any atom is -0.381 e. The molecule has 1 aliphatic carbocycles. The van der Waals surface area contributed by atoms with Crippen LogP contribution in [0.5, 0.6) is 0 Å². The summed E-state index contributed by atoms with van der Waals surface area (Å²) in [7, 11) is 0. The van der Waals surface area contributed by atoms with Crippen LogP contribution in [0.15, 0.2) is 0 Å². The maximum Gasteiger partial charge on any atom is 0.136 e. The second kappa shape index (κ2) is 4.43. The maximum absolute atomic E-state index is 12.0. The van der Waals surface area contributed by atoms with Crippen LogP contribution in [0.4, 0.5) is 0 Å². The predicted molar refractivity (Wildman–Crippen MR) is 55.1 cm³/mol. The number of carbonyl (C=O) groups is 1. The molecule has 2 aliphatic rings. The van der Waals surface area contributed by atoms with E-state index in [-0.39, 0.29) is 0 Å². The molecule has 1 saturated heterocycles. The number of Topliss-reactive ketones (excluding diaryl/α,β-unsaturated/α-hetero) is 1. The van der Waals surface area contributed by atoms with Crippen LogP contribution in [0.2, 0.25) is 0 Å². The van der Waals surface area contributed by atoms with Crippen molar-refractivity contribution in [3.8, 4) is 0 Å². The maximum atomic E-state index is 12.0. The van der Waals surface area contributed by atoms with Gasteiger partial charge in [-0.1, -0.05) is 26.2 Å². The topological polar surface area (TPSA) is 26.3 Å². The zero-order chi connectivity index (χ0) is 9.97. The molecule has 0 aromatic carbocycles. The Balaban J connectivity index is 1.82. The number of rotatable bonds is 3. The fourth-order valence-electron chi connectivity index (χ4n) is 2.49. The van der Waals surface area contributed by atoms with Gasteiger partial charge >= 0.3 is 0 Å². The molecular formula is C12H20O2. The van der Waals surface area contributed by atoms with Crippen molar-refractivity contribution in [2.24, 2.45) is 17.8 Å². The van der Waals surface area contributed by atoms with Gasteiger partial charge in [0.2, 0.25) is 0 Å². The highest BCUT2D eigenvalue weighted by atomic mass is 16.5. The quantitative estimate of drug-likeness (QED) is 0.693. The van der Waals surface area contributed by atoms with Crippen molar-refractivity contribution in [3.63, 3.8) is 0 Å². The van der Waals surface area contributed by atoms with Crippen LogP contribution in [0, 0.1) is 17.8 Å². The Hall–Kier alpha value is -0.370. The largest absolute Gasteiger partial charge is 0.381 e. The van der Waals surface area contributed by atoms with Crippen LogP contribution >= 0.6 is 0 Å². The summed E-state index contributed by atoms with van der Waals surface area (Å²) in [5.41, 5.74) is 0. The third-order valence-electron chi connectivity index (χ3n) is 3.77. The molecule has 14 heavy (non-hydrogen) atoms. The van der Waals surface area contributed by atoms with Gasteiger partial charge in [0.15, 0.2) is 0 Å². The third kappa shape index (κ3) is 2.17. The van der Waals surface area contributed by atoms with Crippen LogP contribution < -0.4 is 0 Å². The predicted octanol–water partition coefficient (Wildman–Crippen LogP) is 2.42. The molecule has 0 radical (unpaired) electrons. The van der Waals surface area contributed by atoms with E-state index in [1.807, 2.05) is 0 Å². The number of carbonyl (C=O) groups excluding carboxylic acids is 1. The highest BCUT2D eigenvalue weighted by molar-refractivity contribution is 5.81. The van der Waals surface area contributed by atoms with Gasteiger partial charge in [-0.25, -0.2) is 0 Å². The van der Waals surface area contributed by atoms with Gasteiger partial charge in [-0.3, -0.25) is 4.79 Å². The molecule has 0 spiro atoms. The number of hydrogen-bond donors (Lipinski definition) is 0. The Labute approximate surface area is 86.0 Å². The first-order valence-corrected chi connectivity index (χ1v) is 5.88. The lowest BCUT2D eigenvalue weighted by Crippen LogP contribution is -2.33. The van der Waals surface area contributed by atoms with E-state index in [1.54, 1.807) is 0 Å². The minimum atomic E-state index is 0.296. The fraction of sp³-hybridized carbons (Fsp3) is 0.917. The molecule has 0 aromatic rings. The Kier molecular flexibility index (Phi) is 3.22. The standard InChI is InChI=1S/C12H20O2/c1-9-8-14-6-5-11(9)12(13)7-10-3-2-4-10/h9-11H,2-8H2,1H3. The summed E-state index contributed by atoms with van der Waals surface area (Å²) in [6.07, 6.45) is 5.69. The van der Waals surface area contributed by atoms with Crippen LogP contribution in [0.1, 0.15) is 39.0 Å². The van der Waals surface area contributed by atoms with Crippen LogP contribution in [0.3, 0.4) is 0 Å². The van der Waals surface area contributed by atoms with Gasteiger partial charge in [0.1, 0.15) is 5.78 Å². The Morgan fingerprint density at radius 2 is 2.14 bits per heavy atom. The summed E-state index contributed by atoms with van der Waals surface area (Å²) in [5, 5.41) is 0. The summed E-state index contributed by atoms with van der Waals surface area (Å²) in [6, 6.07) is 0. The van der Waals surface area contributed by atoms with Crippen molar-refractivity contribution >= 4 is 5.78 Å². The first kappa shape index (κ1) is 10.2. The van der Waals surface area contributed by atoms with Gasteiger partial charge in [-0.2, -0.15) is 0 Å². The van der Waals surface area contributed by atoms with Crippen LogP contribution in [-0.2, 0) is 9.53 Å². The molecule has 1 aliphatic heterocycles. The van der Waals surface area contributed by atoms with E-state index in [0.717, 1.165) is 32.0 Å². The summed E-state index contributed by atoms with van der Waals surface area (Å²) >= 11 is 0. The smallest absolute Gasteiger partial charge is 0.136 e. The van der Waals surface area contributed by atoms with Crippen molar-refractivity contribution in [1.29, 1.82) is 0 Å². The molecule has 0 bridgehead atoms. The second-order valence-electron chi connectivity index (χ2n) is 4.91. The zero-order valence-electron chi connectivity index (χ0n) is 9.00. The summed E-state index contributed by atoms with van der Waals surface area (Å²) in [5.74, 6) is 1.96. The van der Waals surface area contributed by atoms with Crippen molar-refractivity contribution in [2.75, 3.05) is 13.2 Å². The first-order valence-electron chi connectivity index (χ1n) is 5.88. The molecule has 0 aromatic heterocycles. The summed E-state index contributed by atoms with van der Waals surface area (Å²) in [4.78, 5) is 12.0. The second-order valence-corrected chi connectivity index (χ2v) is 4.91. The molecule has 2 fully saturated rings. The number of ether oxygens (including phenoxy) is 1. The highest BCUT2D eigenvalue weighted by Gasteiger charge is 2.30. The summed E-state index contributed by atoms with van der Waals surface area (Å²) < 4.78 is 5.36. The molecule has 2 rings (SSSR count). The van der Waals surface area contributed by atoms with Gasteiger partial charge in [0.05, 0.1) is 0 Å². The summed E-state index contributed by atoms with van der Waals surface area (Å²) in [6.45, 7) is 3.70. The Bertz CT molecular complexity index is 208. The van der Waals surface area contributed by atoms with Crippen molar-refractivity contribution < 1.29 is 9.53 Å². The van der Waals surface area contributed by atoms with E-state index in [1.165, 1.54) is 19.3 Å². The monoisotopic (exact) mass is 196 g/mol. The van der Waals surface area contributed by atoms with E-state index in [9.17, 15) is 4.79 Å². The van der Waals surface area contributed by atoms with Crippen LogP contribution in [0.25, 0.3) is 0 Å². The van der Waals surface area contributed by atoms with E-state index < -0.39 is 0 Å². The molecule has 1 saturated carbocycles. The lowest BCUT2D eigenvalue weighted by Gasteiger charge is -2.31. The number of ketones is 1. The Morgan fingerprint density at radius 1 is 1.36 bits per heavy atom. The van der Waals surface area contributed by atoms with Crippen LogP contribution in [-0.4, -0.2) is 19.0 Å². The normalized spacial score (nSPS) is 33.8. The van der Waals surface area contributed by atoms with Crippen molar-refractivity contribution in [1.82, 2.24) is 0 Å². The first-order chi connectivity index (χ1) is 6.77. The van der Waals surface area contributed by atoms with Gasteiger partial charge in [0, 0.05) is 25.6 Å². The lowest BCUT2D eigenvalue weighted by atomic mass is 9.76. The van der Waals surface area contributed by atoms with E-state index in [0.29, 0.717) is 17.6 Å². The molecule has 2 nitrogen and oxygen atoms in total. The van der Waals surface area contributed by atoms with Crippen molar-refractivity contribution in [2.45, 2.75) is 39.0 Å². The molecule has 80 valence electrons. The lowest BCUT2D eigenvalue weighted by molar-refractivity contribution is -0.129. The molecule has 1 heterocycles. The van der Waals surface area contributed by atoms with E-state index in [4.69, 9.17) is 4.74 Å². The van der Waals surface area contributed by atoms with E-state index in [2.05, 4.69) is 6.92 Å². The van der Waals surface area contributed by atoms with E-state index >= 15 is 0 Å².